The van der Waals surface area contributed by atoms with Crippen LogP contribution >= 0.6 is 0 Å². The van der Waals surface area contributed by atoms with Gasteiger partial charge in [-0.3, -0.25) is 4.57 Å². The van der Waals surface area contributed by atoms with E-state index in [4.69, 9.17) is 11.8 Å². The zero-order valence-electron chi connectivity index (χ0n) is 33.6. The van der Waals surface area contributed by atoms with Gasteiger partial charge in [0.15, 0.2) is 0 Å². The molecule has 0 unspecified atom stereocenters. The first-order valence-electron chi connectivity index (χ1n) is 20.2. The Morgan fingerprint density at radius 2 is 0.868 bits per heavy atom. The second kappa shape index (κ2) is 12.9. The summed E-state index contributed by atoms with van der Waals surface area (Å²) in [7, 11) is 0. The summed E-state index contributed by atoms with van der Waals surface area (Å²) in [5, 5.41) is 4.44. The topological polar surface area (TPSA) is 17.8 Å². The van der Waals surface area contributed by atoms with E-state index in [0.717, 1.165) is 77.3 Å². The minimum absolute atomic E-state index is 0.0560. The van der Waals surface area contributed by atoms with Gasteiger partial charge in [0.1, 0.15) is 5.82 Å². The van der Waals surface area contributed by atoms with Crippen LogP contribution in [0.5, 0.6) is 0 Å². The van der Waals surface area contributed by atoms with E-state index in [1.807, 2.05) is 53.1 Å². The third-order valence-corrected chi connectivity index (χ3v) is 10.0. The molecule has 2 heteroatoms. The highest BCUT2D eigenvalue weighted by atomic mass is 15.1. The monoisotopic (exact) mass is 679 g/mol. The van der Waals surface area contributed by atoms with Crippen molar-refractivity contribution in [2.45, 2.75) is 0 Å². The van der Waals surface area contributed by atoms with Crippen molar-refractivity contribution in [3.05, 3.63) is 206 Å². The first kappa shape index (κ1) is 25.8. The number of rotatable bonds is 6. The summed E-state index contributed by atoms with van der Waals surface area (Å²) in [6.07, 6.45) is 0. The van der Waals surface area contributed by atoms with E-state index >= 15 is 0 Å². The van der Waals surface area contributed by atoms with Gasteiger partial charge in [-0.05, 0) is 109 Å². The Balaban J connectivity index is 1.23. The van der Waals surface area contributed by atoms with Gasteiger partial charge in [0, 0.05) is 11.3 Å². The van der Waals surface area contributed by atoms with Crippen LogP contribution in [0.1, 0.15) is 6.85 Å². The van der Waals surface area contributed by atoms with E-state index < -0.39 is 18.1 Å². The number of fused-ring (bicyclic) bond motifs is 3. The molecule has 248 valence electrons. The minimum Gasteiger partial charge on any atom is -0.292 e. The molecule has 9 aromatic carbocycles. The molecule has 0 saturated carbocycles. The number of para-hydroxylation sites is 2. The lowest BCUT2D eigenvalue weighted by molar-refractivity contribution is 1.10. The molecule has 0 aliphatic rings. The van der Waals surface area contributed by atoms with Gasteiger partial charge in [-0.1, -0.05) is 164 Å². The number of imidazole rings is 1. The standard InChI is InChI=1S/C51H34N2/c1-4-17-35(18-5-1)39-31-40(36-19-6-2-7-20-36)33-41(32-39)50-45-27-12-10-25-43(45)49(44-26-11-13-28-46(44)50)38-23-16-24-42(34-38)53-48-30-15-14-29-47(48)52-51(53)37-21-8-3-9-22-37/h1-34H/i3D,8D,9D,21D,22D. The van der Waals surface area contributed by atoms with E-state index in [2.05, 4.69) is 127 Å². The van der Waals surface area contributed by atoms with Crippen LogP contribution in [0.3, 0.4) is 0 Å². The maximum Gasteiger partial charge on any atom is 0.145 e. The highest BCUT2D eigenvalue weighted by Gasteiger charge is 2.20. The molecular weight excluding hydrogens is 641 g/mol. The molecule has 0 atom stereocenters. The molecule has 2 nitrogen and oxygen atoms in total. The Morgan fingerprint density at radius 3 is 1.47 bits per heavy atom. The quantitative estimate of drug-likeness (QED) is 0.160. The summed E-state index contributed by atoms with van der Waals surface area (Å²) in [5.41, 5.74) is 11.2. The fourth-order valence-electron chi connectivity index (χ4n) is 7.73. The van der Waals surface area contributed by atoms with Crippen molar-refractivity contribution in [1.82, 2.24) is 9.55 Å². The van der Waals surface area contributed by atoms with Gasteiger partial charge in [-0.25, -0.2) is 4.98 Å². The van der Waals surface area contributed by atoms with Gasteiger partial charge in [0.05, 0.1) is 17.9 Å². The summed E-state index contributed by atoms with van der Waals surface area (Å²) < 4.78 is 44.7. The molecule has 0 amide bonds. The molecule has 0 aliphatic heterocycles. The van der Waals surface area contributed by atoms with Crippen LogP contribution in [-0.2, 0) is 0 Å². The summed E-state index contributed by atoms with van der Waals surface area (Å²) in [4.78, 5) is 4.89. The Labute approximate surface area is 315 Å². The SMILES string of the molecule is [2H]c1c([2H])c([2H])c(-c2nc3ccccc3n2-c2cccc(-c3c4ccccc4c(-c4cc(-c5ccccc5)cc(-c5ccccc5)c4)c4ccccc34)c2)c([2H])c1[2H]. The van der Waals surface area contributed by atoms with Gasteiger partial charge in [-0.2, -0.15) is 0 Å². The molecule has 0 spiro atoms. The Morgan fingerprint density at radius 1 is 0.377 bits per heavy atom. The van der Waals surface area contributed by atoms with Crippen molar-refractivity contribution < 1.29 is 6.85 Å². The summed E-state index contributed by atoms with van der Waals surface area (Å²) in [6, 6.07) is 59.2. The summed E-state index contributed by atoms with van der Waals surface area (Å²) in [6.45, 7) is 0. The molecule has 0 fully saturated rings. The number of hydrogen-bond donors (Lipinski definition) is 0. The van der Waals surface area contributed by atoms with Crippen LogP contribution in [0, 0.1) is 0 Å². The molecular formula is C51H34N2. The number of aromatic nitrogens is 2. The predicted molar refractivity (Wildman–Crippen MR) is 223 cm³/mol. The molecule has 10 aromatic rings. The molecule has 10 rings (SSSR count). The zero-order chi connectivity index (χ0) is 39.5. The fraction of sp³-hybridized carbons (Fsp3) is 0. The Kier molecular flexibility index (Phi) is 6.31. The fourth-order valence-corrected chi connectivity index (χ4v) is 7.73. The van der Waals surface area contributed by atoms with E-state index in [-0.39, 0.29) is 23.5 Å². The van der Waals surface area contributed by atoms with E-state index in [1.165, 1.54) is 0 Å². The molecule has 0 N–H and O–H groups in total. The molecule has 0 aliphatic carbocycles. The first-order chi connectivity index (χ1) is 28.4. The summed E-state index contributed by atoms with van der Waals surface area (Å²) in [5.74, 6) is 0.285. The molecule has 53 heavy (non-hydrogen) atoms. The van der Waals surface area contributed by atoms with E-state index in [1.54, 1.807) is 0 Å². The van der Waals surface area contributed by atoms with E-state index in [9.17, 15) is 0 Å². The van der Waals surface area contributed by atoms with Gasteiger partial charge in [-0.15, -0.1) is 0 Å². The smallest absolute Gasteiger partial charge is 0.145 e. The maximum atomic E-state index is 8.85. The highest BCUT2D eigenvalue weighted by Crippen LogP contribution is 2.45. The van der Waals surface area contributed by atoms with Crippen molar-refractivity contribution in [3.8, 4) is 61.6 Å². The van der Waals surface area contributed by atoms with Crippen molar-refractivity contribution in [3.63, 3.8) is 0 Å². The molecule has 0 bridgehead atoms. The normalized spacial score (nSPS) is 12.7. The second-order valence-electron chi connectivity index (χ2n) is 13.2. The van der Waals surface area contributed by atoms with Crippen LogP contribution < -0.4 is 0 Å². The lowest BCUT2D eigenvalue weighted by Gasteiger charge is -2.20. The van der Waals surface area contributed by atoms with Crippen LogP contribution in [0.4, 0.5) is 0 Å². The number of nitrogens with zero attached hydrogens (tertiary/aromatic N) is 2. The van der Waals surface area contributed by atoms with Crippen LogP contribution in [0.15, 0.2) is 206 Å². The van der Waals surface area contributed by atoms with Gasteiger partial charge < -0.3 is 0 Å². The van der Waals surface area contributed by atoms with Crippen LogP contribution in [-0.4, -0.2) is 9.55 Å². The van der Waals surface area contributed by atoms with Crippen molar-refractivity contribution in [2.24, 2.45) is 0 Å². The van der Waals surface area contributed by atoms with Crippen molar-refractivity contribution in [1.29, 1.82) is 0 Å². The minimum atomic E-state index is -0.436. The number of hydrogen-bond acceptors (Lipinski definition) is 1. The third kappa shape index (κ3) is 5.40. The largest absolute Gasteiger partial charge is 0.292 e. The van der Waals surface area contributed by atoms with Crippen LogP contribution in [0.25, 0.3) is 94.2 Å². The molecule has 1 aromatic heterocycles. The Bertz CT molecular complexity index is 3080. The average molecular weight is 680 g/mol. The zero-order valence-corrected chi connectivity index (χ0v) is 28.6. The molecule has 0 radical (unpaired) electrons. The van der Waals surface area contributed by atoms with E-state index in [0.29, 0.717) is 5.52 Å². The van der Waals surface area contributed by atoms with Gasteiger partial charge in [0.2, 0.25) is 0 Å². The molecule has 1 heterocycles. The van der Waals surface area contributed by atoms with Crippen molar-refractivity contribution >= 4 is 32.6 Å². The van der Waals surface area contributed by atoms with Gasteiger partial charge in [0.25, 0.3) is 0 Å². The maximum absolute atomic E-state index is 8.85. The highest BCUT2D eigenvalue weighted by molar-refractivity contribution is 6.21. The lowest BCUT2D eigenvalue weighted by atomic mass is 9.84. The van der Waals surface area contributed by atoms with Gasteiger partial charge >= 0.3 is 0 Å². The predicted octanol–water partition coefficient (Wildman–Crippen LogP) is 13.7. The molecule has 0 saturated heterocycles. The van der Waals surface area contributed by atoms with Crippen LogP contribution in [0.2, 0.25) is 0 Å². The number of benzene rings is 9. The average Bonchev–Trinajstić information content (AvgIpc) is 3.66. The third-order valence-electron chi connectivity index (χ3n) is 10.0. The first-order valence-corrected chi connectivity index (χ1v) is 17.7. The van der Waals surface area contributed by atoms with Crippen molar-refractivity contribution in [2.75, 3.05) is 0 Å². The second-order valence-corrected chi connectivity index (χ2v) is 13.2. The summed E-state index contributed by atoms with van der Waals surface area (Å²) >= 11 is 0. The lowest BCUT2D eigenvalue weighted by Crippen LogP contribution is -1.98. The Hall–Kier alpha value is -7.03.